The van der Waals surface area contributed by atoms with Crippen molar-refractivity contribution in [2.24, 2.45) is 0 Å². The molecule has 0 saturated heterocycles. The summed E-state index contributed by atoms with van der Waals surface area (Å²) in [6.07, 6.45) is 10.0. The fraction of sp³-hybridized carbons (Fsp3) is 0.0625. The molecule has 7 rings (SSSR count). The first-order valence-electron chi connectivity index (χ1n) is 13.0. The van der Waals surface area contributed by atoms with E-state index in [1.807, 2.05) is 54.3 Å². The van der Waals surface area contributed by atoms with E-state index in [4.69, 9.17) is 0 Å². The number of hydrogen-bond donors (Lipinski definition) is 3. The first-order valence-corrected chi connectivity index (χ1v) is 13.0. The maximum atomic E-state index is 4.66. The van der Waals surface area contributed by atoms with Crippen LogP contribution in [-0.2, 0) is 6.42 Å². The van der Waals surface area contributed by atoms with E-state index < -0.39 is 0 Å². The molecule has 5 aromatic heterocycles. The van der Waals surface area contributed by atoms with Gasteiger partial charge >= 0.3 is 0 Å². The molecule has 0 fully saturated rings. The van der Waals surface area contributed by atoms with Crippen LogP contribution in [0.2, 0.25) is 0 Å². The van der Waals surface area contributed by atoms with Crippen LogP contribution in [0.1, 0.15) is 11.3 Å². The van der Waals surface area contributed by atoms with Gasteiger partial charge in [0.05, 0.1) is 34.3 Å². The molecule has 3 N–H and O–H groups in total. The highest BCUT2D eigenvalue weighted by Crippen LogP contribution is 2.33. The number of hydrogen-bond acceptors (Lipinski definition) is 5. The molecule has 0 saturated carbocycles. The van der Waals surface area contributed by atoms with Crippen LogP contribution in [0, 0.1) is 6.92 Å². The van der Waals surface area contributed by atoms with Crippen molar-refractivity contribution in [2.45, 2.75) is 13.3 Å². The summed E-state index contributed by atoms with van der Waals surface area (Å²) in [6, 6.07) is 22.7. The summed E-state index contributed by atoms with van der Waals surface area (Å²) in [7, 11) is 0. The average Bonchev–Trinajstić information content (AvgIpc) is 3.71. The number of aromatic nitrogens is 7. The number of pyridine rings is 2. The minimum absolute atomic E-state index is 0.748. The number of allylic oxidation sites excluding steroid dienone is 1. The van der Waals surface area contributed by atoms with Crippen LogP contribution in [0.4, 0.5) is 5.69 Å². The number of aromatic amines is 2. The maximum Gasteiger partial charge on any atom is 0.147 e. The Labute approximate surface area is 230 Å². The number of anilines is 1. The number of H-pyrrole nitrogens is 2. The lowest BCUT2D eigenvalue weighted by Gasteiger charge is -2.11. The minimum Gasteiger partial charge on any atom is -0.358 e. The molecule has 0 unspecified atom stereocenters. The fourth-order valence-electron chi connectivity index (χ4n) is 5.06. The van der Waals surface area contributed by atoms with Crippen molar-refractivity contribution in [1.29, 1.82) is 0 Å². The summed E-state index contributed by atoms with van der Waals surface area (Å²) in [4.78, 5) is 17.0. The number of aryl methyl sites for hydroxylation is 1. The summed E-state index contributed by atoms with van der Waals surface area (Å²) >= 11 is 0. The number of nitrogens with zero attached hydrogens (tertiary/aromatic N) is 5. The van der Waals surface area contributed by atoms with Crippen LogP contribution in [0.15, 0.2) is 110 Å². The third-order valence-electron chi connectivity index (χ3n) is 6.95. The van der Waals surface area contributed by atoms with E-state index in [9.17, 15) is 0 Å². The predicted octanol–water partition coefficient (Wildman–Crippen LogP) is 6.83. The van der Waals surface area contributed by atoms with Crippen molar-refractivity contribution >= 4 is 27.5 Å². The molecule has 7 aromatic rings. The van der Waals surface area contributed by atoms with Gasteiger partial charge in [0.15, 0.2) is 0 Å². The second kappa shape index (κ2) is 9.67. The molecule has 0 amide bonds. The topological polar surface area (TPSA) is 100 Å². The van der Waals surface area contributed by atoms with Gasteiger partial charge in [-0.3, -0.25) is 14.6 Å². The number of nitrogens with one attached hydrogen (secondary N) is 3. The van der Waals surface area contributed by atoms with E-state index in [-0.39, 0.29) is 0 Å². The second-order valence-corrected chi connectivity index (χ2v) is 9.89. The SMILES string of the molecule is C=C(Cc1ccccc1)Nc1cncc(-c2ccc3[nH]nc(-c4cc5c(-n6cnc(C)c6)nccc5[nH]4)c3c2)c1. The van der Waals surface area contributed by atoms with Crippen molar-refractivity contribution in [3.63, 3.8) is 0 Å². The Bertz CT molecular complexity index is 1990. The summed E-state index contributed by atoms with van der Waals surface area (Å²) < 4.78 is 1.94. The van der Waals surface area contributed by atoms with Crippen molar-refractivity contribution < 1.29 is 0 Å². The monoisotopic (exact) mass is 522 g/mol. The zero-order valence-electron chi connectivity index (χ0n) is 21.9. The molecule has 0 aliphatic carbocycles. The van der Waals surface area contributed by atoms with Gasteiger partial charge in [-0.2, -0.15) is 5.10 Å². The Kier molecular flexibility index (Phi) is 5.70. The molecule has 0 atom stereocenters. The van der Waals surface area contributed by atoms with Gasteiger partial charge in [0.2, 0.25) is 0 Å². The summed E-state index contributed by atoms with van der Waals surface area (Å²) in [6.45, 7) is 6.17. The molecular formula is C32H26N8. The fourth-order valence-corrected chi connectivity index (χ4v) is 5.06. The standard InChI is InChI=1S/C32H26N8/c1-20(12-22-6-4-3-5-7-22)36-25-13-24(16-33-17-25)23-8-9-29-26(14-23)31(39-38-29)30-15-27-28(37-30)10-11-34-32(27)40-18-21(2)35-19-40/h3-11,13-19,36-37H,1,12H2,2H3,(H,38,39). The van der Waals surface area contributed by atoms with Gasteiger partial charge in [-0.15, -0.1) is 0 Å². The van der Waals surface area contributed by atoms with Gasteiger partial charge in [0, 0.05) is 47.0 Å². The quantitative estimate of drug-likeness (QED) is 0.213. The van der Waals surface area contributed by atoms with Gasteiger partial charge < -0.3 is 10.3 Å². The zero-order chi connectivity index (χ0) is 27.1. The van der Waals surface area contributed by atoms with E-state index in [1.165, 1.54) is 5.56 Å². The highest BCUT2D eigenvalue weighted by Gasteiger charge is 2.15. The molecule has 8 heteroatoms. The van der Waals surface area contributed by atoms with Gasteiger partial charge in [-0.1, -0.05) is 43.0 Å². The Morgan fingerprint density at radius 1 is 0.925 bits per heavy atom. The third kappa shape index (κ3) is 4.41. The van der Waals surface area contributed by atoms with E-state index >= 15 is 0 Å². The van der Waals surface area contributed by atoms with E-state index in [0.717, 1.165) is 73.6 Å². The number of imidazole rings is 1. The normalized spacial score (nSPS) is 11.3. The third-order valence-corrected chi connectivity index (χ3v) is 6.95. The molecule has 2 aromatic carbocycles. The second-order valence-electron chi connectivity index (χ2n) is 9.89. The van der Waals surface area contributed by atoms with Gasteiger partial charge in [-0.25, -0.2) is 9.97 Å². The first-order chi connectivity index (χ1) is 19.6. The van der Waals surface area contributed by atoms with Crippen LogP contribution < -0.4 is 5.32 Å². The molecule has 0 aliphatic rings. The lowest BCUT2D eigenvalue weighted by Crippen LogP contribution is -2.02. The molecule has 0 bridgehead atoms. The lowest BCUT2D eigenvalue weighted by atomic mass is 10.0. The van der Waals surface area contributed by atoms with Crippen molar-refractivity contribution in [2.75, 3.05) is 5.32 Å². The molecule has 0 aliphatic heterocycles. The van der Waals surface area contributed by atoms with Crippen LogP contribution in [0.3, 0.4) is 0 Å². The summed E-state index contributed by atoms with van der Waals surface area (Å²) in [5.41, 5.74) is 9.72. The van der Waals surface area contributed by atoms with E-state index in [2.05, 4.69) is 84.5 Å². The summed E-state index contributed by atoms with van der Waals surface area (Å²) in [5, 5.41) is 13.3. The van der Waals surface area contributed by atoms with Crippen LogP contribution in [0.5, 0.6) is 0 Å². The molecule has 194 valence electrons. The molecule has 8 nitrogen and oxygen atoms in total. The minimum atomic E-state index is 0.748. The molecule has 40 heavy (non-hydrogen) atoms. The Morgan fingerprint density at radius 3 is 2.67 bits per heavy atom. The average molecular weight is 523 g/mol. The van der Waals surface area contributed by atoms with Crippen molar-refractivity contribution in [1.82, 2.24) is 34.7 Å². The Balaban J connectivity index is 1.21. The largest absolute Gasteiger partial charge is 0.358 e. The molecule has 0 radical (unpaired) electrons. The predicted molar refractivity (Wildman–Crippen MR) is 159 cm³/mol. The number of fused-ring (bicyclic) bond motifs is 2. The van der Waals surface area contributed by atoms with Crippen LogP contribution in [0.25, 0.3) is 50.1 Å². The highest BCUT2D eigenvalue weighted by atomic mass is 15.1. The van der Waals surface area contributed by atoms with Crippen LogP contribution >= 0.6 is 0 Å². The van der Waals surface area contributed by atoms with Crippen molar-refractivity contribution in [3.05, 3.63) is 121 Å². The Hall–Kier alpha value is -5.50. The van der Waals surface area contributed by atoms with Gasteiger partial charge in [0.1, 0.15) is 17.8 Å². The molecule has 5 heterocycles. The maximum absolute atomic E-state index is 4.66. The smallest absolute Gasteiger partial charge is 0.147 e. The first kappa shape index (κ1) is 23.6. The van der Waals surface area contributed by atoms with Crippen LogP contribution in [-0.4, -0.2) is 34.7 Å². The summed E-state index contributed by atoms with van der Waals surface area (Å²) in [5.74, 6) is 0.824. The van der Waals surface area contributed by atoms with Gasteiger partial charge in [-0.05, 0) is 48.4 Å². The highest BCUT2D eigenvalue weighted by molar-refractivity contribution is 5.99. The van der Waals surface area contributed by atoms with Gasteiger partial charge in [0.25, 0.3) is 0 Å². The van der Waals surface area contributed by atoms with E-state index in [0.29, 0.717) is 0 Å². The number of rotatable bonds is 7. The zero-order valence-corrected chi connectivity index (χ0v) is 21.9. The Morgan fingerprint density at radius 2 is 1.82 bits per heavy atom. The molecule has 0 spiro atoms. The molecular weight excluding hydrogens is 496 g/mol. The van der Waals surface area contributed by atoms with E-state index in [1.54, 1.807) is 12.5 Å². The number of benzene rings is 2. The lowest BCUT2D eigenvalue weighted by molar-refractivity contribution is 1.01. The van der Waals surface area contributed by atoms with Crippen molar-refractivity contribution in [3.8, 4) is 28.3 Å².